The van der Waals surface area contributed by atoms with Crippen molar-refractivity contribution in [1.82, 2.24) is 0 Å². The summed E-state index contributed by atoms with van der Waals surface area (Å²) in [4.78, 5) is 11.4. The second kappa shape index (κ2) is 5.43. The van der Waals surface area contributed by atoms with Gasteiger partial charge < -0.3 is 4.74 Å². The molecule has 78 valence electrons. The molecule has 1 atom stereocenters. The molecule has 0 rings (SSSR count). The quantitative estimate of drug-likeness (QED) is 0.500. The van der Waals surface area contributed by atoms with Gasteiger partial charge in [0, 0.05) is 0 Å². The number of allylic oxidation sites excluding steroid dienone is 1. The molecule has 3 nitrogen and oxygen atoms in total. The predicted molar refractivity (Wildman–Crippen MR) is 54.4 cm³/mol. The normalized spacial score (nSPS) is 13.9. The molecule has 0 aliphatic heterocycles. The van der Waals surface area contributed by atoms with Crippen LogP contribution in [0, 0.1) is 16.7 Å². The smallest absolute Gasteiger partial charge is 0.326 e. The molecule has 14 heavy (non-hydrogen) atoms. The maximum atomic E-state index is 11.4. The molecule has 0 radical (unpaired) electrons. The fourth-order valence-corrected chi connectivity index (χ4v) is 0.957. The van der Waals surface area contributed by atoms with Crippen molar-refractivity contribution in [2.24, 2.45) is 5.41 Å². The number of ether oxygens (including phenoxy) is 1. The third kappa shape index (κ3) is 3.61. The van der Waals surface area contributed by atoms with E-state index in [4.69, 9.17) is 10.00 Å². The van der Waals surface area contributed by atoms with E-state index in [2.05, 4.69) is 6.58 Å². The van der Waals surface area contributed by atoms with Gasteiger partial charge in [-0.3, -0.25) is 4.79 Å². The molecule has 0 aromatic heterocycles. The zero-order valence-corrected chi connectivity index (χ0v) is 9.09. The molecule has 0 amide bonds. The summed E-state index contributed by atoms with van der Waals surface area (Å²) < 4.78 is 4.84. The van der Waals surface area contributed by atoms with Crippen molar-refractivity contribution in [3.63, 3.8) is 0 Å². The van der Waals surface area contributed by atoms with Crippen molar-refractivity contribution >= 4 is 5.97 Å². The third-order valence-corrected chi connectivity index (χ3v) is 2.02. The molecule has 1 unspecified atom stereocenters. The first-order valence-electron chi connectivity index (χ1n) is 4.69. The van der Waals surface area contributed by atoms with E-state index in [9.17, 15) is 4.79 Å². The van der Waals surface area contributed by atoms with Crippen LogP contribution in [0.15, 0.2) is 12.2 Å². The second-order valence-corrected chi connectivity index (χ2v) is 3.62. The van der Waals surface area contributed by atoms with Crippen molar-refractivity contribution in [2.75, 3.05) is 6.61 Å². The predicted octanol–water partition coefficient (Wildman–Crippen LogP) is 2.44. The minimum absolute atomic E-state index is 0.309. The van der Waals surface area contributed by atoms with Crippen molar-refractivity contribution in [1.29, 1.82) is 5.26 Å². The monoisotopic (exact) mass is 195 g/mol. The molecule has 0 bridgehead atoms. The maximum Gasteiger partial charge on any atom is 0.326 e. The highest BCUT2D eigenvalue weighted by atomic mass is 16.5. The van der Waals surface area contributed by atoms with Gasteiger partial charge in [0.25, 0.3) is 0 Å². The standard InChI is InChI=1S/C11H17NO2/c1-5-14-10(13)11(4,8-12)7-6-9(2)3/h2,5-7H2,1,3-4H3. The first-order chi connectivity index (χ1) is 6.46. The van der Waals surface area contributed by atoms with E-state index in [1.807, 2.05) is 13.0 Å². The Morgan fingerprint density at radius 1 is 1.64 bits per heavy atom. The molecule has 0 saturated carbocycles. The van der Waals surface area contributed by atoms with Gasteiger partial charge >= 0.3 is 5.97 Å². The number of hydrogen-bond acceptors (Lipinski definition) is 3. The Labute approximate surface area is 85.4 Å². The molecule has 0 spiro atoms. The summed E-state index contributed by atoms with van der Waals surface area (Å²) in [7, 11) is 0. The highest BCUT2D eigenvalue weighted by Crippen LogP contribution is 2.25. The highest BCUT2D eigenvalue weighted by Gasteiger charge is 2.34. The van der Waals surface area contributed by atoms with E-state index in [0.717, 1.165) is 5.57 Å². The van der Waals surface area contributed by atoms with Gasteiger partial charge in [0.05, 0.1) is 12.7 Å². The van der Waals surface area contributed by atoms with Crippen LogP contribution in [0.5, 0.6) is 0 Å². The molecule has 0 N–H and O–H groups in total. The Kier molecular flexibility index (Phi) is 4.93. The Balaban J connectivity index is 4.40. The molecule has 0 aliphatic carbocycles. The lowest BCUT2D eigenvalue weighted by Crippen LogP contribution is -2.28. The molecule has 0 fully saturated rings. The topological polar surface area (TPSA) is 50.1 Å². The van der Waals surface area contributed by atoms with E-state index >= 15 is 0 Å². The van der Waals surface area contributed by atoms with E-state index in [-0.39, 0.29) is 0 Å². The van der Waals surface area contributed by atoms with Crippen LogP contribution in [0.1, 0.15) is 33.6 Å². The summed E-state index contributed by atoms with van der Waals surface area (Å²) in [6.07, 6.45) is 1.14. The van der Waals surface area contributed by atoms with E-state index in [1.54, 1.807) is 13.8 Å². The number of esters is 1. The summed E-state index contributed by atoms with van der Waals surface area (Å²) >= 11 is 0. The van der Waals surface area contributed by atoms with Crippen molar-refractivity contribution in [2.45, 2.75) is 33.6 Å². The number of rotatable bonds is 5. The van der Waals surface area contributed by atoms with E-state index < -0.39 is 11.4 Å². The number of hydrogen-bond donors (Lipinski definition) is 0. The molecule has 0 heterocycles. The molecule has 0 saturated heterocycles. The molecule has 0 aromatic rings. The molecule has 0 aliphatic rings. The van der Waals surface area contributed by atoms with Crippen molar-refractivity contribution in [3.8, 4) is 6.07 Å². The largest absolute Gasteiger partial charge is 0.465 e. The number of nitrogens with zero attached hydrogens (tertiary/aromatic N) is 1. The zero-order valence-electron chi connectivity index (χ0n) is 9.09. The minimum Gasteiger partial charge on any atom is -0.465 e. The molecular weight excluding hydrogens is 178 g/mol. The van der Waals surface area contributed by atoms with Gasteiger partial charge in [-0.15, -0.1) is 6.58 Å². The Hall–Kier alpha value is -1.30. The SMILES string of the molecule is C=C(C)CCC(C)(C#N)C(=O)OCC. The summed E-state index contributed by atoms with van der Waals surface area (Å²) in [5.41, 5.74) is -0.0645. The van der Waals surface area contributed by atoms with Crippen LogP contribution < -0.4 is 0 Å². The highest BCUT2D eigenvalue weighted by molar-refractivity contribution is 5.79. The average Bonchev–Trinajstić information content (AvgIpc) is 2.14. The Morgan fingerprint density at radius 3 is 2.57 bits per heavy atom. The first kappa shape index (κ1) is 12.7. The summed E-state index contributed by atoms with van der Waals surface area (Å²) in [6.45, 7) is 9.26. The summed E-state index contributed by atoms with van der Waals surface area (Å²) in [5.74, 6) is -0.441. The molecular formula is C11H17NO2. The van der Waals surface area contributed by atoms with Crippen molar-refractivity contribution < 1.29 is 9.53 Å². The van der Waals surface area contributed by atoms with E-state index in [0.29, 0.717) is 19.4 Å². The molecule has 0 aromatic carbocycles. The van der Waals surface area contributed by atoms with Crippen LogP contribution in [0.4, 0.5) is 0 Å². The van der Waals surface area contributed by atoms with Gasteiger partial charge in [0.1, 0.15) is 0 Å². The van der Waals surface area contributed by atoms with Gasteiger partial charge in [-0.25, -0.2) is 0 Å². The van der Waals surface area contributed by atoms with Crippen LogP contribution in [-0.2, 0) is 9.53 Å². The summed E-state index contributed by atoms with van der Waals surface area (Å²) in [6, 6.07) is 2.00. The van der Waals surface area contributed by atoms with Gasteiger partial charge in [0.2, 0.25) is 0 Å². The van der Waals surface area contributed by atoms with Crippen LogP contribution >= 0.6 is 0 Å². The number of nitriles is 1. The average molecular weight is 195 g/mol. The fraction of sp³-hybridized carbons (Fsp3) is 0.636. The van der Waals surface area contributed by atoms with Crippen molar-refractivity contribution in [3.05, 3.63) is 12.2 Å². The number of carbonyl (C=O) groups excluding carboxylic acids is 1. The third-order valence-electron chi connectivity index (χ3n) is 2.02. The minimum atomic E-state index is -1.03. The van der Waals surface area contributed by atoms with Gasteiger partial charge in [-0.1, -0.05) is 5.57 Å². The van der Waals surface area contributed by atoms with E-state index in [1.165, 1.54) is 0 Å². The van der Waals surface area contributed by atoms with Gasteiger partial charge in [0.15, 0.2) is 5.41 Å². The lowest BCUT2D eigenvalue weighted by molar-refractivity contribution is -0.151. The Morgan fingerprint density at radius 2 is 2.21 bits per heavy atom. The van der Waals surface area contributed by atoms with Crippen LogP contribution in [-0.4, -0.2) is 12.6 Å². The van der Waals surface area contributed by atoms with Gasteiger partial charge in [-0.2, -0.15) is 5.26 Å². The maximum absolute atomic E-state index is 11.4. The fourth-order valence-electron chi connectivity index (χ4n) is 0.957. The van der Waals surface area contributed by atoms with Crippen LogP contribution in [0.2, 0.25) is 0 Å². The lowest BCUT2D eigenvalue weighted by atomic mass is 9.86. The summed E-state index contributed by atoms with van der Waals surface area (Å²) in [5, 5.41) is 8.91. The lowest BCUT2D eigenvalue weighted by Gasteiger charge is -2.18. The number of carbonyl (C=O) groups is 1. The van der Waals surface area contributed by atoms with Crippen LogP contribution in [0.3, 0.4) is 0 Å². The van der Waals surface area contributed by atoms with Crippen LogP contribution in [0.25, 0.3) is 0 Å². The molecule has 3 heteroatoms. The Bertz CT molecular complexity index is 265. The zero-order chi connectivity index (χ0) is 11.2. The second-order valence-electron chi connectivity index (χ2n) is 3.62. The first-order valence-corrected chi connectivity index (χ1v) is 4.69. The van der Waals surface area contributed by atoms with Gasteiger partial charge in [-0.05, 0) is 33.6 Å².